The van der Waals surface area contributed by atoms with E-state index in [-0.39, 0.29) is 17.9 Å². The van der Waals surface area contributed by atoms with Gasteiger partial charge in [-0.05, 0) is 36.1 Å². The Kier molecular flexibility index (Phi) is 4.00. The smallest absolute Gasteiger partial charge is 0.250 e. The van der Waals surface area contributed by atoms with Gasteiger partial charge in [-0.3, -0.25) is 9.59 Å². The van der Waals surface area contributed by atoms with Crippen molar-refractivity contribution < 1.29 is 9.18 Å². The lowest BCUT2D eigenvalue weighted by Gasteiger charge is -2.11. The average molecular weight is 372 g/mol. The number of fused-ring (bicyclic) bond motifs is 1. The number of alkyl halides is 1. The summed E-state index contributed by atoms with van der Waals surface area (Å²) in [7, 11) is 1.69. The fourth-order valence-electron chi connectivity index (χ4n) is 2.94. The Balaban J connectivity index is 1.76. The first-order chi connectivity index (χ1) is 12.4. The number of hydrogen-bond acceptors (Lipinski definition) is 3. The molecule has 5 nitrogen and oxygen atoms in total. The van der Waals surface area contributed by atoms with E-state index in [1.807, 2.05) is 12.1 Å². The normalized spacial score (nSPS) is 18.7. The molecule has 2 unspecified atom stereocenters. The lowest BCUT2D eigenvalue weighted by Crippen LogP contribution is -2.16. The molecule has 1 aliphatic rings. The number of halogens is 2. The molecule has 2 aromatic heterocycles. The van der Waals surface area contributed by atoms with Crippen molar-refractivity contribution in [1.29, 1.82) is 0 Å². The van der Waals surface area contributed by atoms with E-state index in [2.05, 4.69) is 10.3 Å². The molecule has 2 atom stereocenters. The van der Waals surface area contributed by atoms with Crippen LogP contribution in [0.1, 0.15) is 6.42 Å². The largest absolute Gasteiger partial charge is 0.311 e. The third-order valence-corrected chi connectivity index (χ3v) is 4.88. The zero-order valence-electron chi connectivity index (χ0n) is 13.9. The molecule has 0 aliphatic heterocycles. The molecule has 3 aromatic rings. The maximum atomic E-state index is 13.0. The van der Waals surface area contributed by atoms with Gasteiger partial charge in [-0.25, -0.2) is 9.37 Å². The molecule has 0 bridgehead atoms. The molecule has 1 amide bonds. The highest BCUT2D eigenvalue weighted by Crippen LogP contribution is 2.35. The summed E-state index contributed by atoms with van der Waals surface area (Å²) in [4.78, 5) is 28.0. The van der Waals surface area contributed by atoms with Gasteiger partial charge in [0.15, 0.2) is 0 Å². The summed E-state index contributed by atoms with van der Waals surface area (Å²) in [5.74, 6) is -0.602. The standard InChI is InChI=1S/C19H15ClFN3O2/c1-24-16(3-2-4-18(24)25)11-5-10-7-17(22-9-13(10)14(20)6-11)23-19(26)12-8-15(12)21/h2-7,9,12,15H,8H2,1H3,(H,22,23,26). The SMILES string of the molecule is Cn1c(-c2cc(Cl)c3cnc(NC(=O)C4CC4F)cc3c2)cccc1=O. The van der Waals surface area contributed by atoms with Gasteiger partial charge in [0.25, 0.3) is 5.56 Å². The monoisotopic (exact) mass is 371 g/mol. The number of pyridine rings is 2. The molecule has 0 saturated heterocycles. The van der Waals surface area contributed by atoms with Crippen LogP contribution in [0.2, 0.25) is 5.02 Å². The minimum absolute atomic E-state index is 0.119. The third-order valence-electron chi connectivity index (χ3n) is 4.57. The summed E-state index contributed by atoms with van der Waals surface area (Å²) in [6.45, 7) is 0. The Labute approximate surface area is 153 Å². The molecule has 2 heterocycles. The van der Waals surface area contributed by atoms with Crippen molar-refractivity contribution in [1.82, 2.24) is 9.55 Å². The van der Waals surface area contributed by atoms with Crippen LogP contribution in [0.4, 0.5) is 10.2 Å². The Hall–Kier alpha value is -2.73. The number of carbonyl (C=O) groups is 1. The van der Waals surface area contributed by atoms with E-state index < -0.39 is 12.1 Å². The molecule has 132 valence electrons. The summed E-state index contributed by atoms with van der Waals surface area (Å²) >= 11 is 6.38. The molecular weight excluding hydrogens is 357 g/mol. The van der Waals surface area contributed by atoms with Gasteiger partial charge in [0, 0.05) is 30.3 Å². The topological polar surface area (TPSA) is 64.0 Å². The number of aromatic nitrogens is 2. The fraction of sp³-hybridized carbons (Fsp3) is 0.211. The minimum Gasteiger partial charge on any atom is -0.311 e. The van der Waals surface area contributed by atoms with Crippen LogP contribution in [-0.2, 0) is 11.8 Å². The van der Waals surface area contributed by atoms with Crippen molar-refractivity contribution in [2.24, 2.45) is 13.0 Å². The first-order valence-electron chi connectivity index (χ1n) is 8.14. The van der Waals surface area contributed by atoms with Gasteiger partial charge in [-0.2, -0.15) is 0 Å². The molecule has 4 rings (SSSR count). The second-order valence-corrected chi connectivity index (χ2v) is 6.81. The number of anilines is 1. The van der Waals surface area contributed by atoms with Gasteiger partial charge in [0.1, 0.15) is 12.0 Å². The van der Waals surface area contributed by atoms with Crippen LogP contribution in [0.15, 0.2) is 47.4 Å². The minimum atomic E-state index is -1.06. The van der Waals surface area contributed by atoms with Crippen molar-refractivity contribution >= 4 is 34.1 Å². The quantitative estimate of drug-likeness (QED) is 0.765. The van der Waals surface area contributed by atoms with Crippen LogP contribution < -0.4 is 10.9 Å². The summed E-state index contributed by atoms with van der Waals surface area (Å²) in [5, 5.41) is 4.62. The lowest BCUT2D eigenvalue weighted by molar-refractivity contribution is -0.117. The van der Waals surface area contributed by atoms with Gasteiger partial charge in [-0.1, -0.05) is 17.7 Å². The summed E-state index contributed by atoms with van der Waals surface area (Å²) < 4.78 is 14.6. The molecule has 1 aromatic carbocycles. The Morgan fingerprint density at radius 3 is 2.85 bits per heavy atom. The molecule has 1 aliphatic carbocycles. The second kappa shape index (κ2) is 6.21. The molecule has 7 heteroatoms. The van der Waals surface area contributed by atoms with E-state index in [0.29, 0.717) is 10.8 Å². The van der Waals surface area contributed by atoms with Crippen LogP contribution in [-0.4, -0.2) is 21.6 Å². The summed E-state index contributed by atoms with van der Waals surface area (Å²) in [6.07, 6.45) is 0.772. The van der Waals surface area contributed by atoms with Crippen LogP contribution in [0.3, 0.4) is 0 Å². The van der Waals surface area contributed by atoms with Gasteiger partial charge < -0.3 is 9.88 Å². The van der Waals surface area contributed by atoms with Gasteiger partial charge in [0.2, 0.25) is 5.91 Å². The van der Waals surface area contributed by atoms with Crippen LogP contribution in [0.5, 0.6) is 0 Å². The first-order valence-corrected chi connectivity index (χ1v) is 8.52. The maximum absolute atomic E-state index is 13.0. The lowest BCUT2D eigenvalue weighted by atomic mass is 10.1. The van der Waals surface area contributed by atoms with Crippen LogP contribution in [0.25, 0.3) is 22.0 Å². The molecule has 0 spiro atoms. The van der Waals surface area contributed by atoms with Crippen molar-refractivity contribution in [2.75, 3.05) is 5.32 Å². The van der Waals surface area contributed by atoms with E-state index in [9.17, 15) is 14.0 Å². The first kappa shape index (κ1) is 16.7. The summed E-state index contributed by atoms with van der Waals surface area (Å²) in [6, 6.07) is 10.4. The van der Waals surface area contributed by atoms with Crippen LogP contribution in [0, 0.1) is 5.92 Å². The number of hydrogen-bond donors (Lipinski definition) is 1. The average Bonchev–Trinajstić information content (AvgIpc) is 3.34. The second-order valence-electron chi connectivity index (χ2n) is 6.40. The zero-order chi connectivity index (χ0) is 18.4. The Bertz CT molecular complexity index is 1100. The molecule has 1 fully saturated rings. The Morgan fingerprint density at radius 1 is 1.35 bits per heavy atom. The zero-order valence-corrected chi connectivity index (χ0v) is 14.6. The number of nitrogens with one attached hydrogen (secondary N) is 1. The highest BCUT2D eigenvalue weighted by Gasteiger charge is 2.43. The Morgan fingerprint density at radius 2 is 2.12 bits per heavy atom. The van der Waals surface area contributed by atoms with E-state index in [1.165, 1.54) is 10.6 Å². The summed E-state index contributed by atoms with van der Waals surface area (Å²) in [5.41, 5.74) is 1.38. The van der Waals surface area contributed by atoms with Gasteiger partial charge >= 0.3 is 0 Å². The van der Waals surface area contributed by atoms with Crippen molar-refractivity contribution in [3.8, 4) is 11.3 Å². The van der Waals surface area contributed by atoms with E-state index in [0.717, 1.165) is 22.0 Å². The molecule has 1 saturated carbocycles. The fourth-order valence-corrected chi connectivity index (χ4v) is 3.21. The third kappa shape index (κ3) is 2.97. The number of carbonyl (C=O) groups excluding carboxylic acids is 1. The molecule has 26 heavy (non-hydrogen) atoms. The van der Waals surface area contributed by atoms with Crippen molar-refractivity contribution in [3.05, 3.63) is 58.0 Å². The van der Waals surface area contributed by atoms with Crippen molar-refractivity contribution in [3.63, 3.8) is 0 Å². The maximum Gasteiger partial charge on any atom is 0.250 e. The molecule has 0 radical (unpaired) electrons. The molecular formula is C19H15ClFN3O2. The molecule has 1 N–H and O–H groups in total. The predicted molar refractivity (Wildman–Crippen MR) is 99.1 cm³/mol. The number of rotatable bonds is 3. The van der Waals surface area contributed by atoms with Crippen LogP contribution >= 0.6 is 11.6 Å². The van der Waals surface area contributed by atoms with Gasteiger partial charge in [-0.15, -0.1) is 0 Å². The van der Waals surface area contributed by atoms with E-state index in [4.69, 9.17) is 11.6 Å². The van der Waals surface area contributed by atoms with Gasteiger partial charge in [0.05, 0.1) is 16.6 Å². The highest BCUT2D eigenvalue weighted by atomic mass is 35.5. The number of benzene rings is 1. The highest BCUT2D eigenvalue weighted by molar-refractivity contribution is 6.36. The predicted octanol–water partition coefficient (Wildman–Crippen LogP) is 3.55. The number of amides is 1. The number of nitrogens with zero attached hydrogens (tertiary/aromatic N) is 2. The van der Waals surface area contributed by atoms with Crippen molar-refractivity contribution in [2.45, 2.75) is 12.6 Å². The van der Waals surface area contributed by atoms with E-state index in [1.54, 1.807) is 31.4 Å². The van der Waals surface area contributed by atoms with E-state index >= 15 is 0 Å².